The maximum absolute atomic E-state index is 6.10. The van der Waals surface area contributed by atoms with E-state index in [1.54, 1.807) is 13.2 Å². The van der Waals surface area contributed by atoms with Gasteiger partial charge in [-0.25, -0.2) is 0 Å². The van der Waals surface area contributed by atoms with Crippen molar-refractivity contribution in [2.45, 2.75) is 45.3 Å². The Bertz CT molecular complexity index is 417. The lowest BCUT2D eigenvalue weighted by atomic mass is 10.1. The summed E-state index contributed by atoms with van der Waals surface area (Å²) in [5, 5.41) is 7.74. The molecular formula is C14H24N4O. The zero-order valence-electron chi connectivity index (χ0n) is 12.1. The molecule has 0 aliphatic carbocycles. The van der Waals surface area contributed by atoms with Crippen molar-refractivity contribution in [3.05, 3.63) is 18.0 Å². The molecule has 2 rings (SSSR count). The molecule has 0 unspecified atom stereocenters. The van der Waals surface area contributed by atoms with Gasteiger partial charge in [0.05, 0.1) is 0 Å². The predicted molar refractivity (Wildman–Crippen MR) is 76.7 cm³/mol. The van der Waals surface area contributed by atoms with E-state index in [-0.39, 0.29) is 6.10 Å². The van der Waals surface area contributed by atoms with Crippen LogP contribution in [0.15, 0.2) is 17.3 Å². The molecule has 1 atom stereocenters. The van der Waals surface area contributed by atoms with E-state index >= 15 is 0 Å². The summed E-state index contributed by atoms with van der Waals surface area (Å²) in [6, 6.07) is 2.28. The molecule has 1 aromatic rings. The first-order valence-electron chi connectivity index (χ1n) is 7.10. The lowest BCUT2D eigenvalue weighted by Crippen LogP contribution is -2.23. The fourth-order valence-electron chi connectivity index (χ4n) is 2.39. The molecule has 106 valence electrons. The summed E-state index contributed by atoms with van der Waals surface area (Å²) in [5.41, 5.74) is 0.967. The quantitative estimate of drug-likeness (QED) is 0.671. The second-order valence-corrected chi connectivity index (χ2v) is 5.20. The Hall–Kier alpha value is -1.36. The van der Waals surface area contributed by atoms with Crippen molar-refractivity contribution in [3.8, 4) is 0 Å². The molecular weight excluding hydrogens is 240 g/mol. The van der Waals surface area contributed by atoms with Crippen LogP contribution in [0.5, 0.6) is 0 Å². The number of aliphatic imine (C=N–C) groups is 1. The molecule has 5 heteroatoms. The fraction of sp³-hybridized carbons (Fsp3) is 0.714. The Morgan fingerprint density at radius 1 is 1.47 bits per heavy atom. The fourth-order valence-corrected chi connectivity index (χ4v) is 2.39. The largest absolute Gasteiger partial charge is 0.473 e. The minimum Gasteiger partial charge on any atom is -0.473 e. The maximum atomic E-state index is 6.10. The molecule has 5 nitrogen and oxygen atoms in total. The molecule has 1 fully saturated rings. The van der Waals surface area contributed by atoms with Crippen LogP contribution in [0.4, 0.5) is 0 Å². The molecule has 0 aromatic carbocycles. The third-order valence-electron chi connectivity index (χ3n) is 3.38. The monoisotopic (exact) mass is 264 g/mol. The van der Waals surface area contributed by atoms with Crippen LogP contribution in [0.2, 0.25) is 0 Å². The normalized spacial score (nSPS) is 21.5. The molecule has 1 N–H and O–H groups in total. The van der Waals surface area contributed by atoms with Gasteiger partial charge in [0.2, 0.25) is 5.90 Å². The van der Waals surface area contributed by atoms with Gasteiger partial charge >= 0.3 is 0 Å². The van der Waals surface area contributed by atoms with Crippen LogP contribution in [0.1, 0.15) is 44.8 Å². The third kappa shape index (κ3) is 3.56. The highest BCUT2D eigenvalue weighted by Crippen LogP contribution is 2.15. The molecule has 1 saturated heterocycles. The van der Waals surface area contributed by atoms with Gasteiger partial charge in [0.15, 0.2) is 0 Å². The summed E-state index contributed by atoms with van der Waals surface area (Å²) in [7, 11) is 1.78. The Kier molecular flexibility index (Phi) is 4.96. The molecule has 0 saturated carbocycles. The van der Waals surface area contributed by atoms with Crippen LogP contribution in [0.25, 0.3) is 0 Å². The lowest BCUT2D eigenvalue weighted by molar-refractivity contribution is 0.173. The molecule has 19 heavy (non-hydrogen) atoms. The summed E-state index contributed by atoms with van der Waals surface area (Å²) in [4.78, 5) is 4.31. The van der Waals surface area contributed by atoms with Crippen molar-refractivity contribution in [2.24, 2.45) is 4.99 Å². The van der Waals surface area contributed by atoms with Gasteiger partial charge in [-0.3, -0.25) is 9.67 Å². The molecule has 0 bridgehead atoms. The second kappa shape index (κ2) is 6.70. The minimum absolute atomic E-state index is 0.254. The minimum atomic E-state index is 0.254. The topological polar surface area (TPSA) is 51.4 Å². The SMILES string of the molecule is C/N=C(/O[C@@H]1CCCNCC1)c1ccnn1C(C)C. The van der Waals surface area contributed by atoms with Gasteiger partial charge in [-0.15, -0.1) is 0 Å². The van der Waals surface area contributed by atoms with Crippen LogP contribution in [-0.2, 0) is 4.74 Å². The van der Waals surface area contributed by atoms with Gasteiger partial charge in [-0.2, -0.15) is 5.10 Å². The van der Waals surface area contributed by atoms with E-state index in [1.807, 2.05) is 10.7 Å². The van der Waals surface area contributed by atoms with E-state index in [1.165, 1.54) is 0 Å². The van der Waals surface area contributed by atoms with Gasteiger partial charge < -0.3 is 10.1 Å². The number of hydrogen-bond acceptors (Lipinski definition) is 4. The zero-order valence-corrected chi connectivity index (χ0v) is 12.1. The van der Waals surface area contributed by atoms with Crippen LogP contribution in [0.3, 0.4) is 0 Å². The maximum Gasteiger partial charge on any atom is 0.234 e. The van der Waals surface area contributed by atoms with Gasteiger partial charge in [-0.1, -0.05) is 0 Å². The Balaban J connectivity index is 2.09. The average Bonchev–Trinajstić information content (AvgIpc) is 2.74. The van der Waals surface area contributed by atoms with Crippen molar-refractivity contribution >= 4 is 5.90 Å². The Morgan fingerprint density at radius 3 is 3.05 bits per heavy atom. The summed E-state index contributed by atoms with van der Waals surface area (Å²) in [5.74, 6) is 0.707. The van der Waals surface area contributed by atoms with Crippen LogP contribution >= 0.6 is 0 Å². The van der Waals surface area contributed by atoms with Crippen molar-refractivity contribution in [1.29, 1.82) is 0 Å². The molecule has 2 heterocycles. The van der Waals surface area contributed by atoms with Crippen molar-refractivity contribution in [2.75, 3.05) is 20.1 Å². The molecule has 0 spiro atoms. The van der Waals surface area contributed by atoms with Crippen LogP contribution < -0.4 is 5.32 Å². The number of ether oxygens (including phenoxy) is 1. The van der Waals surface area contributed by atoms with E-state index in [9.17, 15) is 0 Å². The zero-order chi connectivity index (χ0) is 13.7. The van der Waals surface area contributed by atoms with Gasteiger partial charge in [0.25, 0.3) is 0 Å². The van der Waals surface area contributed by atoms with Crippen LogP contribution in [-0.4, -0.2) is 41.9 Å². The first kappa shape index (κ1) is 14.1. The van der Waals surface area contributed by atoms with E-state index in [4.69, 9.17) is 4.74 Å². The summed E-state index contributed by atoms with van der Waals surface area (Å²) >= 11 is 0. The van der Waals surface area contributed by atoms with Crippen molar-refractivity contribution in [1.82, 2.24) is 15.1 Å². The molecule has 0 radical (unpaired) electrons. The smallest absolute Gasteiger partial charge is 0.234 e. The summed E-state index contributed by atoms with van der Waals surface area (Å²) in [6.45, 7) is 6.33. The highest BCUT2D eigenvalue weighted by atomic mass is 16.5. The predicted octanol–water partition coefficient (Wildman–Crippen LogP) is 2.00. The van der Waals surface area contributed by atoms with Gasteiger partial charge in [0, 0.05) is 19.3 Å². The molecule has 1 aliphatic rings. The lowest BCUT2D eigenvalue weighted by Gasteiger charge is -2.19. The second-order valence-electron chi connectivity index (χ2n) is 5.20. The highest BCUT2D eigenvalue weighted by Gasteiger charge is 2.19. The van der Waals surface area contributed by atoms with Gasteiger partial charge in [-0.05, 0) is 52.3 Å². The Morgan fingerprint density at radius 2 is 2.32 bits per heavy atom. The number of rotatable bonds is 3. The molecule has 1 aliphatic heterocycles. The molecule has 1 aromatic heterocycles. The number of nitrogens with zero attached hydrogens (tertiary/aromatic N) is 3. The highest BCUT2D eigenvalue weighted by molar-refractivity contribution is 5.92. The number of aromatic nitrogens is 2. The third-order valence-corrected chi connectivity index (χ3v) is 3.38. The van der Waals surface area contributed by atoms with Crippen molar-refractivity contribution < 1.29 is 4.74 Å². The Labute approximate surface area is 115 Å². The first-order chi connectivity index (χ1) is 9.22. The van der Waals surface area contributed by atoms with Crippen LogP contribution in [0, 0.1) is 0 Å². The van der Waals surface area contributed by atoms with Crippen molar-refractivity contribution in [3.63, 3.8) is 0 Å². The molecule has 0 amide bonds. The van der Waals surface area contributed by atoms with E-state index in [0.29, 0.717) is 11.9 Å². The summed E-state index contributed by atoms with van der Waals surface area (Å²) in [6.07, 6.45) is 5.34. The van der Waals surface area contributed by atoms with Gasteiger partial charge in [0.1, 0.15) is 11.8 Å². The number of hydrogen-bond donors (Lipinski definition) is 1. The first-order valence-corrected chi connectivity index (χ1v) is 7.10. The average molecular weight is 264 g/mol. The standard InChI is InChI=1S/C14H24N4O/c1-11(2)18-13(7-10-17-18)14(15-3)19-12-5-4-8-16-9-6-12/h7,10-12,16H,4-6,8-9H2,1-3H3/b15-14+/t12-/m1/s1. The number of nitrogens with one attached hydrogen (secondary N) is 1. The summed E-state index contributed by atoms with van der Waals surface area (Å²) < 4.78 is 8.06. The van der Waals surface area contributed by atoms with E-state index in [2.05, 4.69) is 29.3 Å². The van der Waals surface area contributed by atoms with E-state index in [0.717, 1.165) is 38.0 Å². The van der Waals surface area contributed by atoms with E-state index < -0.39 is 0 Å².